The molecule has 2 nitrogen and oxygen atoms in total. The van der Waals surface area contributed by atoms with Crippen molar-refractivity contribution in [3.63, 3.8) is 0 Å². The highest BCUT2D eigenvalue weighted by Crippen LogP contribution is 2.08. The Morgan fingerprint density at radius 2 is 1.92 bits per heavy atom. The molecule has 0 aromatic heterocycles. The quantitative estimate of drug-likeness (QED) is 0.654. The molecule has 0 spiro atoms. The van der Waals surface area contributed by atoms with Gasteiger partial charge in [-0.25, -0.2) is 0 Å². The van der Waals surface area contributed by atoms with E-state index in [1.807, 2.05) is 7.05 Å². The summed E-state index contributed by atoms with van der Waals surface area (Å²) in [5.41, 5.74) is 0. The molecular formula is C10H24N2. The van der Waals surface area contributed by atoms with Gasteiger partial charge in [0.05, 0.1) is 0 Å². The van der Waals surface area contributed by atoms with Gasteiger partial charge >= 0.3 is 0 Å². The van der Waals surface area contributed by atoms with E-state index in [9.17, 15) is 0 Å². The molecule has 0 bridgehead atoms. The lowest BCUT2D eigenvalue weighted by atomic mass is 10.0. The molecule has 0 rings (SSSR count). The molecule has 0 heterocycles. The fraction of sp³-hybridized carbons (Fsp3) is 1.00. The maximum absolute atomic E-state index is 3.22. The topological polar surface area (TPSA) is 15.3 Å². The Kier molecular flexibility index (Phi) is 6.39. The van der Waals surface area contributed by atoms with E-state index in [0.717, 1.165) is 12.5 Å². The van der Waals surface area contributed by atoms with Crippen LogP contribution in [0, 0.1) is 5.92 Å². The Hall–Kier alpha value is -0.0800. The molecule has 1 N–H and O–H groups in total. The average Bonchev–Trinajstić information content (AvgIpc) is 2.04. The smallest absolute Gasteiger partial charge is 0.0102 e. The van der Waals surface area contributed by atoms with Crippen LogP contribution in [0.2, 0.25) is 0 Å². The highest BCUT2D eigenvalue weighted by atomic mass is 15.1. The first kappa shape index (κ1) is 11.9. The normalized spacial score (nSPS) is 16.5. The van der Waals surface area contributed by atoms with E-state index >= 15 is 0 Å². The molecule has 0 aliphatic rings. The molecule has 0 aromatic carbocycles. The molecule has 0 aliphatic carbocycles. The predicted octanol–water partition coefficient (Wildman–Crippen LogP) is 1.57. The maximum atomic E-state index is 3.22. The third kappa shape index (κ3) is 4.07. The van der Waals surface area contributed by atoms with Crippen molar-refractivity contribution in [2.45, 2.75) is 33.2 Å². The molecule has 0 saturated carbocycles. The van der Waals surface area contributed by atoms with Gasteiger partial charge in [0, 0.05) is 6.04 Å². The highest BCUT2D eigenvalue weighted by molar-refractivity contribution is 4.70. The summed E-state index contributed by atoms with van der Waals surface area (Å²) in [6.07, 6.45) is 1.24. The molecule has 0 fully saturated rings. The van der Waals surface area contributed by atoms with Gasteiger partial charge in [0.25, 0.3) is 0 Å². The lowest BCUT2D eigenvalue weighted by Crippen LogP contribution is -2.38. The van der Waals surface area contributed by atoms with Crippen LogP contribution in [0.4, 0.5) is 0 Å². The standard InChI is InChI=1S/C10H24N2/c1-6-7-12(5)10(3)9(2)8-11-4/h9-11H,6-8H2,1-5H3. The van der Waals surface area contributed by atoms with Gasteiger partial charge in [-0.1, -0.05) is 13.8 Å². The third-order valence-electron chi connectivity index (χ3n) is 2.62. The van der Waals surface area contributed by atoms with Gasteiger partial charge in [-0.2, -0.15) is 0 Å². The third-order valence-corrected chi connectivity index (χ3v) is 2.62. The van der Waals surface area contributed by atoms with Crippen molar-refractivity contribution < 1.29 is 0 Å². The zero-order chi connectivity index (χ0) is 9.56. The Morgan fingerprint density at radius 1 is 1.33 bits per heavy atom. The van der Waals surface area contributed by atoms with Crippen LogP contribution >= 0.6 is 0 Å². The minimum absolute atomic E-state index is 0.678. The molecule has 2 heteroatoms. The van der Waals surface area contributed by atoms with Crippen molar-refractivity contribution >= 4 is 0 Å². The van der Waals surface area contributed by atoms with Crippen LogP contribution < -0.4 is 5.32 Å². The van der Waals surface area contributed by atoms with Crippen molar-refractivity contribution in [2.75, 3.05) is 27.2 Å². The van der Waals surface area contributed by atoms with Crippen LogP contribution in [0.1, 0.15) is 27.2 Å². The minimum Gasteiger partial charge on any atom is -0.319 e. The molecule has 12 heavy (non-hydrogen) atoms. The lowest BCUT2D eigenvalue weighted by molar-refractivity contribution is 0.198. The Bertz CT molecular complexity index is 92.0. The van der Waals surface area contributed by atoms with Crippen molar-refractivity contribution in [1.82, 2.24) is 10.2 Å². The first-order chi connectivity index (χ1) is 5.63. The summed E-state index contributed by atoms with van der Waals surface area (Å²) in [6, 6.07) is 0.678. The van der Waals surface area contributed by atoms with Crippen LogP contribution in [0.25, 0.3) is 0 Å². The van der Waals surface area contributed by atoms with E-state index in [2.05, 4.69) is 38.0 Å². The first-order valence-corrected chi connectivity index (χ1v) is 4.98. The number of rotatable bonds is 6. The van der Waals surface area contributed by atoms with Crippen LogP contribution in [0.3, 0.4) is 0 Å². The van der Waals surface area contributed by atoms with E-state index in [-0.39, 0.29) is 0 Å². The summed E-state index contributed by atoms with van der Waals surface area (Å²) in [5.74, 6) is 0.728. The minimum atomic E-state index is 0.678. The second kappa shape index (κ2) is 6.44. The molecule has 0 aliphatic heterocycles. The second-order valence-electron chi connectivity index (χ2n) is 3.76. The van der Waals surface area contributed by atoms with E-state index in [1.54, 1.807) is 0 Å². The lowest BCUT2D eigenvalue weighted by Gasteiger charge is -2.29. The summed E-state index contributed by atoms with van der Waals surface area (Å²) in [7, 11) is 4.23. The summed E-state index contributed by atoms with van der Waals surface area (Å²) < 4.78 is 0. The van der Waals surface area contributed by atoms with Gasteiger partial charge in [-0.05, 0) is 46.4 Å². The zero-order valence-corrected chi connectivity index (χ0v) is 9.22. The predicted molar refractivity (Wildman–Crippen MR) is 55.5 cm³/mol. The molecule has 0 aromatic rings. The van der Waals surface area contributed by atoms with Crippen molar-refractivity contribution in [2.24, 2.45) is 5.92 Å². The fourth-order valence-electron chi connectivity index (χ4n) is 1.48. The molecule has 0 saturated heterocycles. The number of hydrogen-bond donors (Lipinski definition) is 1. The molecule has 74 valence electrons. The number of nitrogens with one attached hydrogen (secondary N) is 1. The first-order valence-electron chi connectivity index (χ1n) is 4.98. The summed E-state index contributed by atoms with van der Waals surface area (Å²) in [6.45, 7) is 9.14. The van der Waals surface area contributed by atoms with E-state index in [0.29, 0.717) is 6.04 Å². The molecule has 0 amide bonds. The number of nitrogens with zero attached hydrogens (tertiary/aromatic N) is 1. The Morgan fingerprint density at radius 3 is 2.33 bits per heavy atom. The molecular weight excluding hydrogens is 148 g/mol. The van der Waals surface area contributed by atoms with Gasteiger partial charge < -0.3 is 10.2 Å². The van der Waals surface area contributed by atoms with Crippen LogP contribution in [0.15, 0.2) is 0 Å². The van der Waals surface area contributed by atoms with Gasteiger partial charge in [0.1, 0.15) is 0 Å². The second-order valence-corrected chi connectivity index (χ2v) is 3.76. The van der Waals surface area contributed by atoms with Gasteiger partial charge in [0.15, 0.2) is 0 Å². The van der Waals surface area contributed by atoms with E-state index in [1.165, 1.54) is 13.0 Å². The van der Waals surface area contributed by atoms with Crippen molar-refractivity contribution in [3.05, 3.63) is 0 Å². The summed E-state index contributed by atoms with van der Waals surface area (Å²) in [4.78, 5) is 2.43. The Balaban J connectivity index is 3.73. The fourth-order valence-corrected chi connectivity index (χ4v) is 1.48. The summed E-state index contributed by atoms with van der Waals surface area (Å²) in [5, 5.41) is 3.22. The van der Waals surface area contributed by atoms with Gasteiger partial charge in [-0.3, -0.25) is 0 Å². The molecule has 2 unspecified atom stereocenters. The van der Waals surface area contributed by atoms with Gasteiger partial charge in [0.2, 0.25) is 0 Å². The Labute approximate surface area is 77.3 Å². The average molecular weight is 172 g/mol. The monoisotopic (exact) mass is 172 g/mol. The molecule has 0 radical (unpaired) electrons. The van der Waals surface area contributed by atoms with Crippen molar-refractivity contribution in [1.29, 1.82) is 0 Å². The summed E-state index contributed by atoms with van der Waals surface area (Å²) >= 11 is 0. The van der Waals surface area contributed by atoms with Crippen molar-refractivity contribution in [3.8, 4) is 0 Å². The number of hydrogen-bond acceptors (Lipinski definition) is 2. The largest absolute Gasteiger partial charge is 0.319 e. The zero-order valence-electron chi connectivity index (χ0n) is 9.22. The molecule has 2 atom stereocenters. The highest BCUT2D eigenvalue weighted by Gasteiger charge is 2.14. The van der Waals surface area contributed by atoms with Gasteiger partial charge in [-0.15, -0.1) is 0 Å². The maximum Gasteiger partial charge on any atom is 0.0102 e. The van der Waals surface area contributed by atoms with E-state index in [4.69, 9.17) is 0 Å². The van der Waals surface area contributed by atoms with Crippen LogP contribution in [0.5, 0.6) is 0 Å². The van der Waals surface area contributed by atoms with Crippen LogP contribution in [-0.2, 0) is 0 Å². The SMILES string of the molecule is CCCN(C)C(C)C(C)CNC. The van der Waals surface area contributed by atoms with Crippen LogP contribution in [-0.4, -0.2) is 38.1 Å². The van der Waals surface area contributed by atoms with E-state index < -0.39 is 0 Å².